The molecule has 3 aromatic rings. The fourth-order valence-corrected chi connectivity index (χ4v) is 5.13. The number of anilines is 3. The first kappa shape index (κ1) is 29.4. The molecule has 1 unspecified atom stereocenters. The van der Waals surface area contributed by atoms with Gasteiger partial charge in [-0.05, 0) is 50.7 Å². The number of rotatable bonds is 15. The van der Waals surface area contributed by atoms with Gasteiger partial charge in [-0.3, -0.25) is 19.3 Å². The van der Waals surface area contributed by atoms with Gasteiger partial charge in [-0.1, -0.05) is 18.2 Å². The number of carbonyl (C=O) groups excluding carboxylic acids is 1. The molecule has 1 aliphatic rings. The maximum atomic E-state index is 12.9. The number of fused-ring (bicyclic) bond motifs is 1. The molecule has 4 rings (SSSR count). The molecule has 1 atom stereocenters. The summed E-state index contributed by atoms with van der Waals surface area (Å²) in [4.78, 5) is 36.7. The van der Waals surface area contributed by atoms with Crippen molar-refractivity contribution < 1.29 is 27.9 Å². The fourth-order valence-electron chi connectivity index (χ4n) is 4.03. The van der Waals surface area contributed by atoms with Crippen molar-refractivity contribution in [2.45, 2.75) is 30.1 Å². The van der Waals surface area contributed by atoms with E-state index in [0.717, 1.165) is 13.0 Å². The summed E-state index contributed by atoms with van der Waals surface area (Å²) < 4.78 is 34.1. The van der Waals surface area contributed by atoms with E-state index in [1.54, 1.807) is 24.3 Å². The van der Waals surface area contributed by atoms with Crippen LogP contribution in [0.1, 0.15) is 30.7 Å². The highest BCUT2D eigenvalue weighted by atomic mass is 32.2. The van der Waals surface area contributed by atoms with E-state index in [0.29, 0.717) is 29.4 Å². The Morgan fingerprint density at radius 2 is 1.95 bits per heavy atom. The zero-order valence-corrected chi connectivity index (χ0v) is 23.1. The smallest absolute Gasteiger partial charge is 0.303 e. The predicted octanol–water partition coefficient (Wildman–Crippen LogP) is 2.98. The van der Waals surface area contributed by atoms with Crippen LogP contribution in [0, 0.1) is 0 Å². The highest BCUT2D eigenvalue weighted by Crippen LogP contribution is 2.36. The van der Waals surface area contributed by atoms with Gasteiger partial charge in [-0.15, -0.1) is 0 Å². The van der Waals surface area contributed by atoms with Crippen LogP contribution < -0.4 is 25.4 Å². The van der Waals surface area contributed by atoms with Crippen LogP contribution in [-0.4, -0.2) is 68.3 Å². The van der Waals surface area contributed by atoms with Crippen molar-refractivity contribution in [1.29, 1.82) is 0 Å². The molecule has 2 heterocycles. The molecule has 1 aliphatic heterocycles. The number of ether oxygens (including phenoxy) is 1. The second-order valence-corrected chi connectivity index (χ2v) is 10.7. The first-order valence-electron chi connectivity index (χ1n) is 12.9. The molecule has 41 heavy (non-hydrogen) atoms. The zero-order valence-electron chi connectivity index (χ0n) is 22.3. The van der Waals surface area contributed by atoms with Crippen LogP contribution in [0.2, 0.25) is 0 Å². The Balaban J connectivity index is 1.58. The van der Waals surface area contributed by atoms with Crippen molar-refractivity contribution >= 4 is 51.1 Å². The summed E-state index contributed by atoms with van der Waals surface area (Å²) in [6.45, 7) is 1.50. The van der Waals surface area contributed by atoms with Crippen molar-refractivity contribution in [2.24, 2.45) is 4.99 Å². The van der Waals surface area contributed by atoms with E-state index < -0.39 is 21.9 Å². The van der Waals surface area contributed by atoms with Gasteiger partial charge >= 0.3 is 5.97 Å². The van der Waals surface area contributed by atoms with Gasteiger partial charge in [-0.2, -0.15) is 0 Å². The summed E-state index contributed by atoms with van der Waals surface area (Å²) in [5.74, 6) is -0.920. The van der Waals surface area contributed by atoms with Crippen LogP contribution in [0.25, 0.3) is 0 Å². The second-order valence-electron chi connectivity index (χ2n) is 9.06. The van der Waals surface area contributed by atoms with Crippen molar-refractivity contribution in [3.63, 3.8) is 0 Å². The van der Waals surface area contributed by atoms with Crippen LogP contribution >= 0.6 is 0 Å². The minimum Gasteiger partial charge on any atom is -0.491 e. The number of sulfonamides is 1. The molecule has 0 spiro atoms. The summed E-state index contributed by atoms with van der Waals surface area (Å²) in [7, 11) is -2.05. The molecule has 0 fully saturated rings. The van der Waals surface area contributed by atoms with Crippen LogP contribution in [0.3, 0.4) is 0 Å². The van der Waals surface area contributed by atoms with E-state index >= 15 is 0 Å². The largest absolute Gasteiger partial charge is 0.491 e. The molecule has 5 N–H and O–H groups in total. The molecule has 0 bridgehead atoms. The van der Waals surface area contributed by atoms with Gasteiger partial charge in [0, 0.05) is 25.2 Å². The topological polar surface area (TPSA) is 184 Å². The zero-order chi connectivity index (χ0) is 29.2. The number of aliphatic carboxylic acids is 1. The summed E-state index contributed by atoms with van der Waals surface area (Å²) in [6.07, 6.45) is 3.82. The SMILES string of the molecule is CNCCCNc1ncnc2c1C(C=Nc1ccc(NS(=O)(=O)c3ccccc3)c(OCCCC(=O)O)c1)C(=O)N2. The van der Waals surface area contributed by atoms with Crippen LogP contribution in [0.5, 0.6) is 5.75 Å². The third kappa shape index (κ3) is 7.77. The highest BCUT2D eigenvalue weighted by molar-refractivity contribution is 7.92. The quantitative estimate of drug-likeness (QED) is 0.132. The number of aromatic nitrogens is 2. The summed E-state index contributed by atoms with van der Waals surface area (Å²) in [6, 6.07) is 12.5. The number of carboxylic acid groups (broad SMARTS) is 1. The number of carbonyl (C=O) groups is 2. The molecule has 0 saturated carbocycles. The average molecular weight is 582 g/mol. The Morgan fingerprint density at radius 1 is 1.15 bits per heavy atom. The lowest BCUT2D eigenvalue weighted by atomic mass is 10.0. The van der Waals surface area contributed by atoms with Crippen molar-refractivity contribution in [2.75, 3.05) is 42.1 Å². The molecular formula is C27H31N7O6S. The van der Waals surface area contributed by atoms with E-state index in [4.69, 9.17) is 9.84 Å². The number of nitrogens with one attached hydrogen (secondary N) is 4. The highest BCUT2D eigenvalue weighted by Gasteiger charge is 2.33. The standard InChI is InChI=1S/C27H31N7O6S/c1-28-12-6-13-29-25-24-20(27(37)33-26(24)32-17-31-25)16-30-18-10-11-21(22(15-18)40-14-5-9-23(35)36)34-41(38,39)19-7-3-2-4-8-19/h2-4,7-8,10-11,15-17,20,28,34H,5-6,9,12-14H2,1H3,(H,35,36)(H2,29,31,32,33,37). The van der Waals surface area contributed by atoms with Crippen molar-refractivity contribution in [3.8, 4) is 5.75 Å². The molecule has 13 nitrogen and oxygen atoms in total. The van der Waals surface area contributed by atoms with Crippen LogP contribution in [0.4, 0.5) is 23.0 Å². The van der Waals surface area contributed by atoms with Gasteiger partial charge in [-0.25, -0.2) is 18.4 Å². The summed E-state index contributed by atoms with van der Waals surface area (Å²) >= 11 is 0. The van der Waals surface area contributed by atoms with E-state index in [1.807, 2.05) is 7.05 Å². The lowest BCUT2D eigenvalue weighted by Crippen LogP contribution is -2.16. The lowest BCUT2D eigenvalue weighted by molar-refractivity contribution is -0.137. The molecule has 14 heteroatoms. The minimum absolute atomic E-state index is 0.0395. The summed E-state index contributed by atoms with van der Waals surface area (Å²) in [5.41, 5.74) is 1.14. The first-order chi connectivity index (χ1) is 19.8. The van der Waals surface area contributed by atoms with Crippen molar-refractivity contribution in [1.82, 2.24) is 15.3 Å². The predicted molar refractivity (Wildman–Crippen MR) is 155 cm³/mol. The van der Waals surface area contributed by atoms with Gasteiger partial charge < -0.3 is 25.8 Å². The number of amides is 1. The molecule has 0 saturated heterocycles. The van der Waals surface area contributed by atoms with Gasteiger partial charge in [0.15, 0.2) is 0 Å². The third-order valence-corrected chi connectivity index (χ3v) is 7.42. The fraction of sp³-hybridized carbons (Fsp3) is 0.296. The Labute approximate surface area is 237 Å². The van der Waals surface area contributed by atoms with E-state index in [1.165, 1.54) is 36.8 Å². The molecule has 2 aromatic carbocycles. The number of hydrogen-bond acceptors (Lipinski definition) is 10. The summed E-state index contributed by atoms with van der Waals surface area (Å²) in [5, 5.41) is 18.0. The molecule has 0 radical (unpaired) electrons. The Bertz CT molecular complexity index is 1520. The molecule has 1 aromatic heterocycles. The third-order valence-electron chi connectivity index (χ3n) is 6.04. The van der Waals surface area contributed by atoms with Gasteiger partial charge in [0.2, 0.25) is 5.91 Å². The molecule has 0 aliphatic carbocycles. The molecule has 216 valence electrons. The number of carboxylic acids is 1. The minimum atomic E-state index is -3.92. The van der Waals surface area contributed by atoms with Gasteiger partial charge in [0.25, 0.3) is 10.0 Å². The van der Waals surface area contributed by atoms with E-state index in [2.05, 4.69) is 35.6 Å². The van der Waals surface area contributed by atoms with E-state index in [9.17, 15) is 18.0 Å². The van der Waals surface area contributed by atoms with Crippen molar-refractivity contribution in [3.05, 3.63) is 60.4 Å². The second kappa shape index (κ2) is 13.7. The van der Waals surface area contributed by atoms with Crippen LogP contribution in [0.15, 0.2) is 64.7 Å². The maximum absolute atomic E-state index is 12.9. The van der Waals surface area contributed by atoms with E-state index in [-0.39, 0.29) is 41.7 Å². The number of aliphatic imine (C=N–C) groups is 1. The first-order valence-corrected chi connectivity index (χ1v) is 14.4. The monoisotopic (exact) mass is 581 g/mol. The Morgan fingerprint density at radius 3 is 2.71 bits per heavy atom. The number of nitrogens with zero attached hydrogens (tertiary/aromatic N) is 3. The van der Waals surface area contributed by atoms with Gasteiger partial charge in [0.1, 0.15) is 29.6 Å². The maximum Gasteiger partial charge on any atom is 0.303 e. The number of benzene rings is 2. The Hall–Kier alpha value is -4.56. The van der Waals surface area contributed by atoms with Gasteiger partial charge in [0.05, 0.1) is 28.4 Å². The average Bonchev–Trinajstić information content (AvgIpc) is 3.29. The Kier molecular flexibility index (Phi) is 9.81. The molecule has 1 amide bonds. The lowest BCUT2D eigenvalue weighted by Gasteiger charge is -2.14. The normalized spacial score (nSPS) is 14.5. The number of hydrogen-bond donors (Lipinski definition) is 5. The van der Waals surface area contributed by atoms with Crippen LogP contribution in [-0.2, 0) is 19.6 Å². The molecular weight excluding hydrogens is 550 g/mol.